The molecule has 0 aliphatic heterocycles. The van der Waals surface area contributed by atoms with E-state index in [1.54, 1.807) is 19.9 Å². The van der Waals surface area contributed by atoms with Crippen LogP contribution < -0.4 is 10.2 Å². The third-order valence-corrected chi connectivity index (χ3v) is 2.25. The van der Waals surface area contributed by atoms with Crippen molar-refractivity contribution < 1.29 is 14.1 Å². The number of aryl methyl sites for hydroxylation is 1. The second kappa shape index (κ2) is 6.03. The molecule has 1 aromatic rings. The molecule has 1 aromatic heterocycles. The lowest BCUT2D eigenvalue weighted by atomic mass is 10.4. The lowest BCUT2D eigenvalue weighted by Crippen LogP contribution is -2.37. The van der Waals surface area contributed by atoms with Crippen molar-refractivity contribution in [1.29, 1.82) is 0 Å². The molecule has 1 rings (SSSR count). The van der Waals surface area contributed by atoms with Crippen molar-refractivity contribution in [3.63, 3.8) is 0 Å². The lowest BCUT2D eigenvalue weighted by molar-refractivity contribution is -0.121. The van der Waals surface area contributed by atoms with Gasteiger partial charge in [-0.05, 0) is 6.92 Å². The lowest BCUT2D eigenvalue weighted by Gasteiger charge is -2.17. The van der Waals surface area contributed by atoms with Crippen LogP contribution >= 0.6 is 0 Å². The summed E-state index contributed by atoms with van der Waals surface area (Å²) in [6.07, 6.45) is 0.434. The molecule has 17 heavy (non-hydrogen) atoms. The summed E-state index contributed by atoms with van der Waals surface area (Å²) in [6, 6.07) is 1.68. The van der Waals surface area contributed by atoms with Crippen molar-refractivity contribution in [3.8, 4) is 0 Å². The highest BCUT2D eigenvalue weighted by atomic mass is 16.5. The molecule has 1 N–H and O–H groups in total. The minimum atomic E-state index is -0.135. The maximum atomic E-state index is 11.4. The van der Waals surface area contributed by atoms with Crippen molar-refractivity contribution in [2.75, 3.05) is 18.0 Å². The topological polar surface area (TPSA) is 75.4 Å². The van der Waals surface area contributed by atoms with Gasteiger partial charge < -0.3 is 9.84 Å². The van der Waals surface area contributed by atoms with Gasteiger partial charge in [-0.2, -0.15) is 0 Å². The highest BCUT2D eigenvalue weighted by Gasteiger charge is 2.15. The third kappa shape index (κ3) is 3.90. The Bertz CT molecular complexity index is 400. The number of carbonyl (C=O) groups is 2. The van der Waals surface area contributed by atoms with Crippen LogP contribution in [0.5, 0.6) is 0 Å². The molecule has 0 atom stereocenters. The first-order valence-corrected chi connectivity index (χ1v) is 5.52. The quantitative estimate of drug-likeness (QED) is 0.827. The van der Waals surface area contributed by atoms with Crippen LogP contribution in [0.4, 0.5) is 5.82 Å². The summed E-state index contributed by atoms with van der Waals surface area (Å²) < 4.78 is 4.91. The zero-order valence-electron chi connectivity index (χ0n) is 10.3. The highest BCUT2D eigenvalue weighted by Crippen LogP contribution is 2.13. The first-order valence-electron chi connectivity index (χ1n) is 5.52. The number of aromatic nitrogens is 1. The normalized spacial score (nSPS) is 10.1. The molecule has 6 nitrogen and oxygen atoms in total. The maximum Gasteiger partial charge on any atom is 0.225 e. The number of hydrogen-bond donors (Lipinski definition) is 1. The Morgan fingerprint density at radius 3 is 2.71 bits per heavy atom. The predicted octanol–water partition coefficient (Wildman–Crippen LogP) is 0.862. The van der Waals surface area contributed by atoms with Crippen LogP contribution in [0.2, 0.25) is 0 Å². The van der Waals surface area contributed by atoms with Crippen molar-refractivity contribution in [3.05, 3.63) is 11.8 Å². The van der Waals surface area contributed by atoms with Gasteiger partial charge in [-0.25, -0.2) is 0 Å². The molecular weight excluding hydrogens is 222 g/mol. The molecule has 0 saturated heterocycles. The fraction of sp³-hybridized carbons (Fsp3) is 0.545. The van der Waals surface area contributed by atoms with Gasteiger partial charge in [0.15, 0.2) is 5.82 Å². The van der Waals surface area contributed by atoms with E-state index in [9.17, 15) is 9.59 Å². The Morgan fingerprint density at radius 1 is 1.53 bits per heavy atom. The third-order valence-electron chi connectivity index (χ3n) is 2.25. The maximum absolute atomic E-state index is 11.4. The van der Waals surface area contributed by atoms with Gasteiger partial charge in [-0.15, -0.1) is 0 Å². The van der Waals surface area contributed by atoms with E-state index in [1.165, 1.54) is 11.8 Å². The molecule has 0 fully saturated rings. The number of amides is 2. The van der Waals surface area contributed by atoms with Crippen molar-refractivity contribution in [2.45, 2.75) is 27.2 Å². The highest BCUT2D eigenvalue weighted by molar-refractivity contribution is 5.90. The summed E-state index contributed by atoms with van der Waals surface area (Å²) >= 11 is 0. The largest absolute Gasteiger partial charge is 0.360 e. The molecule has 6 heteroatoms. The van der Waals surface area contributed by atoms with Crippen LogP contribution in [0.3, 0.4) is 0 Å². The molecule has 94 valence electrons. The van der Waals surface area contributed by atoms with Crippen molar-refractivity contribution in [1.82, 2.24) is 10.5 Å². The summed E-state index contributed by atoms with van der Waals surface area (Å²) in [5.41, 5.74) is 0. The van der Waals surface area contributed by atoms with E-state index in [0.717, 1.165) is 0 Å². The van der Waals surface area contributed by atoms with Crippen molar-refractivity contribution >= 4 is 17.6 Å². The minimum Gasteiger partial charge on any atom is -0.360 e. The van der Waals surface area contributed by atoms with Gasteiger partial charge in [0.25, 0.3) is 0 Å². The Hall–Kier alpha value is -1.85. The second-order valence-corrected chi connectivity index (χ2v) is 3.67. The van der Waals surface area contributed by atoms with E-state index < -0.39 is 0 Å². The Kier molecular flexibility index (Phi) is 4.68. The van der Waals surface area contributed by atoms with Gasteiger partial charge >= 0.3 is 0 Å². The average molecular weight is 239 g/mol. The van der Waals surface area contributed by atoms with Crippen LogP contribution in [-0.2, 0) is 9.59 Å². The second-order valence-electron chi connectivity index (χ2n) is 3.67. The fourth-order valence-electron chi connectivity index (χ4n) is 1.35. The van der Waals surface area contributed by atoms with Crippen LogP contribution in [0.1, 0.15) is 26.0 Å². The van der Waals surface area contributed by atoms with Gasteiger partial charge in [0.1, 0.15) is 5.76 Å². The van der Waals surface area contributed by atoms with E-state index in [1.807, 2.05) is 0 Å². The summed E-state index contributed by atoms with van der Waals surface area (Å²) in [5.74, 6) is 0.943. The summed E-state index contributed by atoms with van der Waals surface area (Å²) in [7, 11) is 0. The Morgan fingerprint density at radius 2 is 2.24 bits per heavy atom. The summed E-state index contributed by atoms with van der Waals surface area (Å²) in [4.78, 5) is 24.0. The first kappa shape index (κ1) is 13.2. The standard InChI is InChI=1S/C11H17N3O3/c1-4-11(16)12-5-6-14(9(3)15)10-7-8(2)17-13-10/h7H,4-6H2,1-3H3,(H,12,16). The molecular formula is C11H17N3O3. The number of carbonyl (C=O) groups excluding carboxylic acids is 2. The molecule has 0 radical (unpaired) electrons. The number of nitrogens with one attached hydrogen (secondary N) is 1. The SMILES string of the molecule is CCC(=O)NCCN(C(C)=O)c1cc(C)on1. The fourth-order valence-corrected chi connectivity index (χ4v) is 1.35. The van der Waals surface area contributed by atoms with E-state index >= 15 is 0 Å². The number of rotatable bonds is 5. The van der Waals surface area contributed by atoms with E-state index in [2.05, 4.69) is 10.5 Å². The van der Waals surface area contributed by atoms with Crippen LogP contribution in [-0.4, -0.2) is 30.1 Å². The molecule has 2 amide bonds. The molecule has 0 aliphatic rings. The summed E-state index contributed by atoms with van der Waals surface area (Å²) in [5, 5.41) is 6.48. The average Bonchev–Trinajstić information content (AvgIpc) is 2.70. The Labute approximate surface area is 99.9 Å². The molecule has 0 saturated carbocycles. The van der Waals surface area contributed by atoms with E-state index in [4.69, 9.17) is 4.52 Å². The molecule has 0 bridgehead atoms. The summed E-state index contributed by atoms with van der Waals surface area (Å²) in [6.45, 7) is 5.77. The molecule has 0 unspecified atom stereocenters. The van der Waals surface area contributed by atoms with Crippen LogP contribution in [0.15, 0.2) is 10.6 Å². The van der Waals surface area contributed by atoms with Crippen molar-refractivity contribution in [2.24, 2.45) is 0 Å². The predicted molar refractivity (Wildman–Crippen MR) is 62.6 cm³/mol. The van der Waals surface area contributed by atoms with E-state index in [-0.39, 0.29) is 11.8 Å². The van der Waals surface area contributed by atoms with Crippen LogP contribution in [0.25, 0.3) is 0 Å². The molecule has 0 aromatic carbocycles. The zero-order chi connectivity index (χ0) is 12.8. The van der Waals surface area contributed by atoms with Gasteiger partial charge in [0.05, 0.1) is 0 Å². The number of hydrogen-bond acceptors (Lipinski definition) is 4. The van der Waals surface area contributed by atoms with Crippen LogP contribution in [0, 0.1) is 6.92 Å². The van der Waals surface area contributed by atoms with E-state index in [0.29, 0.717) is 31.1 Å². The Balaban J connectivity index is 2.56. The molecule has 0 aliphatic carbocycles. The smallest absolute Gasteiger partial charge is 0.225 e. The molecule has 1 heterocycles. The van der Waals surface area contributed by atoms with Gasteiger partial charge in [0.2, 0.25) is 11.8 Å². The molecule has 0 spiro atoms. The van der Waals surface area contributed by atoms with Gasteiger partial charge in [0, 0.05) is 32.5 Å². The minimum absolute atomic E-state index is 0.0372. The van der Waals surface area contributed by atoms with Gasteiger partial charge in [-0.3, -0.25) is 14.5 Å². The first-order chi connectivity index (χ1) is 8.04. The monoisotopic (exact) mass is 239 g/mol. The zero-order valence-corrected chi connectivity index (χ0v) is 10.3. The van der Waals surface area contributed by atoms with Gasteiger partial charge in [-0.1, -0.05) is 12.1 Å². The number of anilines is 1. The number of nitrogens with zero attached hydrogens (tertiary/aromatic N) is 2.